The van der Waals surface area contributed by atoms with E-state index < -0.39 is 11.0 Å². The number of urea groups is 1. The zero-order chi connectivity index (χ0) is 23.5. The molecule has 0 radical (unpaired) electrons. The highest BCUT2D eigenvalue weighted by Crippen LogP contribution is 2.42. The molecule has 1 fully saturated rings. The minimum atomic E-state index is -0.665. The van der Waals surface area contributed by atoms with Gasteiger partial charge in [0.1, 0.15) is 11.9 Å². The third kappa shape index (κ3) is 4.53. The summed E-state index contributed by atoms with van der Waals surface area (Å²) in [5.74, 6) is 0.338. The molecule has 1 aliphatic carbocycles. The third-order valence-corrected chi connectivity index (χ3v) is 6.72. The smallest absolute Gasteiger partial charge is 0.319 e. The number of anilines is 1. The van der Waals surface area contributed by atoms with E-state index in [0.29, 0.717) is 10.9 Å². The number of nitrogens with zero attached hydrogens (tertiary/aromatic N) is 3. The summed E-state index contributed by atoms with van der Waals surface area (Å²) < 4.78 is 0. The second-order valence-corrected chi connectivity index (χ2v) is 9.19. The van der Waals surface area contributed by atoms with Crippen molar-refractivity contribution in [2.75, 3.05) is 4.90 Å². The van der Waals surface area contributed by atoms with Crippen LogP contribution in [-0.4, -0.2) is 22.0 Å². The molecular weight excluding hydrogens is 416 g/mol. The average molecular weight is 447 g/mol. The molecule has 2 aromatic carbocycles. The van der Waals surface area contributed by atoms with Gasteiger partial charge in [0.05, 0.1) is 10.4 Å². The molecule has 7 nitrogen and oxygen atoms in total. The van der Waals surface area contributed by atoms with Gasteiger partial charge in [-0.3, -0.25) is 15.0 Å². The zero-order valence-corrected chi connectivity index (χ0v) is 19.1. The van der Waals surface area contributed by atoms with E-state index in [1.165, 1.54) is 17.5 Å². The van der Waals surface area contributed by atoms with Crippen LogP contribution in [0.4, 0.5) is 16.2 Å². The topological polar surface area (TPSA) is 102 Å². The fourth-order valence-electron chi connectivity index (χ4n) is 5.30. The molecule has 0 bridgehead atoms. The Balaban J connectivity index is 1.92. The van der Waals surface area contributed by atoms with E-state index in [1.54, 1.807) is 0 Å². The maximum atomic E-state index is 12.9. The van der Waals surface area contributed by atoms with E-state index in [2.05, 4.69) is 18.8 Å². The van der Waals surface area contributed by atoms with Crippen LogP contribution in [0, 0.1) is 22.0 Å². The van der Waals surface area contributed by atoms with Gasteiger partial charge in [0, 0.05) is 11.4 Å². The number of hydrogen-bond acceptors (Lipinski definition) is 4. The van der Waals surface area contributed by atoms with Crippen LogP contribution >= 0.6 is 0 Å². The van der Waals surface area contributed by atoms with E-state index >= 15 is 0 Å². The van der Waals surface area contributed by atoms with Crippen LogP contribution in [-0.2, 0) is 0 Å². The Hall–Kier alpha value is -3.48. The number of amides is 2. The number of carbonyl (C=O) groups excluding carboxylic acids is 1. The average Bonchev–Trinajstić information content (AvgIpc) is 2.82. The lowest BCUT2D eigenvalue weighted by Gasteiger charge is -2.40. The molecule has 1 unspecified atom stereocenters. The van der Waals surface area contributed by atoms with Crippen LogP contribution in [0.25, 0.3) is 22.0 Å². The highest BCUT2D eigenvalue weighted by Gasteiger charge is 2.38. The summed E-state index contributed by atoms with van der Waals surface area (Å²) in [6.07, 6.45) is 6.60. The van der Waals surface area contributed by atoms with E-state index in [9.17, 15) is 14.9 Å². The highest BCUT2D eigenvalue weighted by atomic mass is 16.6. The summed E-state index contributed by atoms with van der Waals surface area (Å²) >= 11 is 0. The molecule has 1 aromatic heterocycles. The molecular formula is C26H30N4O3. The Morgan fingerprint density at radius 2 is 1.79 bits per heavy atom. The van der Waals surface area contributed by atoms with Crippen LogP contribution in [0.2, 0.25) is 0 Å². The molecule has 7 heteroatoms. The lowest BCUT2D eigenvalue weighted by molar-refractivity contribution is -0.384. The molecule has 1 aliphatic rings. The van der Waals surface area contributed by atoms with Crippen molar-refractivity contribution in [3.8, 4) is 11.1 Å². The quantitative estimate of drug-likeness (QED) is 0.354. The van der Waals surface area contributed by atoms with Gasteiger partial charge >= 0.3 is 11.7 Å². The monoisotopic (exact) mass is 446 g/mol. The van der Waals surface area contributed by atoms with Crippen molar-refractivity contribution in [2.45, 2.75) is 52.0 Å². The van der Waals surface area contributed by atoms with Gasteiger partial charge in [0.15, 0.2) is 0 Å². The first-order valence-electron chi connectivity index (χ1n) is 11.6. The van der Waals surface area contributed by atoms with Gasteiger partial charge in [0.25, 0.3) is 0 Å². The minimum Gasteiger partial charge on any atom is -0.351 e. The lowest BCUT2D eigenvalue weighted by Crippen LogP contribution is -2.51. The van der Waals surface area contributed by atoms with Gasteiger partial charge in [-0.25, -0.2) is 9.78 Å². The molecule has 33 heavy (non-hydrogen) atoms. The van der Waals surface area contributed by atoms with Crippen LogP contribution in [0.3, 0.4) is 0 Å². The van der Waals surface area contributed by atoms with Gasteiger partial charge in [-0.2, -0.15) is 0 Å². The van der Waals surface area contributed by atoms with Crippen LogP contribution in [0.5, 0.6) is 0 Å². The standard InChI is InChI=1S/C26H30N4O3/c1-17(2)24(19-11-7-4-8-12-19)29(26(27)31)25-21-14-13-20(18-9-5-3-6-10-18)15-22(21)28-16-23(25)30(32)33/h3,5-6,9-10,13-17,19,24H,4,7-8,11-12H2,1-2H3,(H2,27,31). The predicted molar refractivity (Wildman–Crippen MR) is 131 cm³/mol. The van der Waals surface area contributed by atoms with Crippen molar-refractivity contribution in [1.29, 1.82) is 0 Å². The van der Waals surface area contributed by atoms with Crippen LogP contribution in [0.1, 0.15) is 46.0 Å². The number of nitrogens with two attached hydrogens (primary N) is 1. The third-order valence-electron chi connectivity index (χ3n) is 6.72. The van der Waals surface area contributed by atoms with Crippen molar-refractivity contribution in [3.63, 3.8) is 0 Å². The van der Waals surface area contributed by atoms with E-state index in [1.807, 2.05) is 48.5 Å². The molecule has 1 saturated carbocycles. The van der Waals surface area contributed by atoms with Crippen molar-refractivity contribution in [2.24, 2.45) is 17.6 Å². The fourth-order valence-corrected chi connectivity index (χ4v) is 5.30. The lowest BCUT2D eigenvalue weighted by atomic mass is 9.78. The number of nitro groups is 1. The molecule has 1 atom stereocenters. The zero-order valence-electron chi connectivity index (χ0n) is 19.1. The number of hydrogen-bond donors (Lipinski definition) is 1. The Morgan fingerprint density at radius 3 is 2.39 bits per heavy atom. The van der Waals surface area contributed by atoms with Crippen molar-refractivity contribution >= 4 is 28.3 Å². The van der Waals surface area contributed by atoms with Crippen molar-refractivity contribution in [3.05, 3.63) is 64.8 Å². The van der Waals surface area contributed by atoms with Gasteiger partial charge < -0.3 is 5.73 Å². The molecule has 1 heterocycles. The van der Waals surface area contributed by atoms with E-state index in [-0.39, 0.29) is 29.3 Å². The number of primary amides is 1. The number of rotatable bonds is 6. The van der Waals surface area contributed by atoms with E-state index in [0.717, 1.165) is 36.8 Å². The Morgan fingerprint density at radius 1 is 1.09 bits per heavy atom. The second-order valence-electron chi connectivity index (χ2n) is 9.19. The Bertz CT molecular complexity index is 1160. The number of aromatic nitrogens is 1. The molecule has 3 aromatic rings. The summed E-state index contributed by atoms with van der Waals surface area (Å²) in [5.41, 5.74) is 8.56. The largest absolute Gasteiger partial charge is 0.351 e. The summed E-state index contributed by atoms with van der Waals surface area (Å²) in [6.45, 7) is 4.11. The summed E-state index contributed by atoms with van der Waals surface area (Å²) in [6, 6.07) is 14.6. The van der Waals surface area contributed by atoms with Crippen molar-refractivity contribution in [1.82, 2.24) is 4.98 Å². The number of benzene rings is 2. The number of pyridine rings is 1. The molecule has 0 saturated heterocycles. The first kappa shape index (κ1) is 22.7. The Labute approximate surface area is 193 Å². The normalized spacial score (nSPS) is 15.5. The summed E-state index contributed by atoms with van der Waals surface area (Å²) in [4.78, 5) is 30.3. The van der Waals surface area contributed by atoms with Gasteiger partial charge in [-0.1, -0.05) is 69.5 Å². The first-order chi connectivity index (χ1) is 15.9. The predicted octanol–water partition coefficient (Wildman–Crippen LogP) is 6.30. The molecule has 172 valence electrons. The maximum Gasteiger partial charge on any atom is 0.319 e. The fraction of sp³-hybridized carbons (Fsp3) is 0.385. The minimum absolute atomic E-state index is 0.0898. The van der Waals surface area contributed by atoms with E-state index in [4.69, 9.17) is 5.73 Å². The van der Waals surface area contributed by atoms with Crippen molar-refractivity contribution < 1.29 is 9.72 Å². The maximum absolute atomic E-state index is 12.9. The number of carbonyl (C=O) groups is 1. The second kappa shape index (κ2) is 9.57. The van der Waals surface area contributed by atoms with Crippen LogP contribution in [0.15, 0.2) is 54.7 Å². The molecule has 2 amide bonds. The molecule has 2 N–H and O–H groups in total. The first-order valence-corrected chi connectivity index (χ1v) is 11.6. The summed E-state index contributed by atoms with van der Waals surface area (Å²) in [7, 11) is 0. The summed E-state index contributed by atoms with van der Waals surface area (Å²) in [5, 5.41) is 12.6. The molecule has 0 spiro atoms. The van der Waals surface area contributed by atoms with Crippen LogP contribution < -0.4 is 10.6 Å². The Kier molecular flexibility index (Phi) is 6.58. The molecule has 4 rings (SSSR count). The highest BCUT2D eigenvalue weighted by molar-refractivity contribution is 6.06. The SMILES string of the molecule is CC(C)C(C1CCCCC1)N(C(N)=O)c1c([N+](=O)[O-])cnc2cc(-c3ccccc3)ccc12. The molecule has 0 aliphatic heterocycles. The van der Waals surface area contributed by atoms with Gasteiger partial charge in [-0.15, -0.1) is 0 Å². The number of fused-ring (bicyclic) bond motifs is 1. The van der Waals surface area contributed by atoms with Gasteiger partial charge in [0.2, 0.25) is 0 Å². The van der Waals surface area contributed by atoms with Gasteiger partial charge in [-0.05, 0) is 47.9 Å².